The lowest BCUT2D eigenvalue weighted by Gasteiger charge is -2.35. The third-order valence-electron chi connectivity index (χ3n) is 10.1. The third kappa shape index (κ3) is 6.13. The van der Waals surface area contributed by atoms with Gasteiger partial charge in [0.1, 0.15) is 5.75 Å². The smallest absolute Gasteiger partial charge is 0.494 e. The number of amides is 1. The minimum absolute atomic E-state index is 0.132. The fourth-order valence-electron chi connectivity index (χ4n) is 6.80. The highest BCUT2D eigenvalue weighted by Crippen LogP contribution is 2.39. The zero-order valence-corrected chi connectivity index (χ0v) is 25.5. The largest absolute Gasteiger partial charge is 0.496 e. The highest BCUT2D eigenvalue weighted by atomic mass is 16.7. The van der Waals surface area contributed by atoms with E-state index in [2.05, 4.69) is 82.0 Å². The summed E-state index contributed by atoms with van der Waals surface area (Å²) in [6, 6.07) is 15.0. The van der Waals surface area contributed by atoms with Crippen LogP contribution in [0.15, 0.2) is 42.5 Å². The summed E-state index contributed by atoms with van der Waals surface area (Å²) in [6.45, 7) is 11.2. The quantitative estimate of drug-likeness (QED) is 0.346. The molecule has 6 heteroatoms. The van der Waals surface area contributed by atoms with E-state index in [-0.39, 0.29) is 5.92 Å². The van der Waals surface area contributed by atoms with Crippen molar-refractivity contribution in [3.63, 3.8) is 0 Å². The van der Waals surface area contributed by atoms with Crippen LogP contribution in [0.3, 0.4) is 0 Å². The zero-order valence-electron chi connectivity index (χ0n) is 25.5. The molecule has 2 aromatic carbocycles. The number of carbonyl (C=O) groups excluding carboxylic acids is 1. The molecule has 3 aliphatic rings. The van der Waals surface area contributed by atoms with Crippen LogP contribution in [-0.2, 0) is 14.1 Å². The molecule has 1 saturated heterocycles. The van der Waals surface area contributed by atoms with E-state index in [9.17, 15) is 4.79 Å². The van der Waals surface area contributed by atoms with Gasteiger partial charge in [-0.2, -0.15) is 0 Å². The molecule has 40 heavy (non-hydrogen) atoms. The lowest BCUT2D eigenvalue weighted by molar-refractivity contribution is -0.123. The van der Waals surface area contributed by atoms with Gasteiger partial charge >= 0.3 is 7.12 Å². The molecular weight excluding hydrogens is 497 g/mol. The van der Waals surface area contributed by atoms with Crippen LogP contribution in [0.4, 0.5) is 5.69 Å². The highest BCUT2D eigenvalue weighted by Gasteiger charge is 2.51. The van der Waals surface area contributed by atoms with Crippen molar-refractivity contribution in [2.45, 2.75) is 110 Å². The van der Waals surface area contributed by atoms with Crippen LogP contribution < -0.4 is 15.1 Å². The van der Waals surface area contributed by atoms with Gasteiger partial charge in [0.25, 0.3) is 0 Å². The number of methoxy groups -OCH3 is 1. The fraction of sp³-hybridized carbons (Fsp3) is 0.618. The summed E-state index contributed by atoms with van der Waals surface area (Å²) in [4.78, 5) is 16.2. The van der Waals surface area contributed by atoms with E-state index in [0.29, 0.717) is 17.7 Å². The van der Waals surface area contributed by atoms with Gasteiger partial charge in [0.05, 0.1) is 18.3 Å². The molecule has 2 aromatic rings. The van der Waals surface area contributed by atoms with Gasteiger partial charge in [-0.15, -0.1) is 0 Å². The number of nitrogens with zero attached hydrogens (tertiary/aromatic N) is 1. The van der Waals surface area contributed by atoms with Crippen molar-refractivity contribution in [3.05, 3.63) is 53.6 Å². The summed E-state index contributed by atoms with van der Waals surface area (Å²) < 4.78 is 18.2. The summed E-state index contributed by atoms with van der Waals surface area (Å²) in [6.07, 6.45) is 10.2. The number of ether oxygens (including phenoxy) is 1. The molecule has 0 spiro atoms. The molecule has 1 aliphatic heterocycles. The molecule has 5 rings (SSSR count). The Kier molecular flexibility index (Phi) is 8.68. The Morgan fingerprint density at radius 1 is 0.925 bits per heavy atom. The standard InChI is InChI=1S/C34H48BNO4/c1-24-21-28(19-20-31(24)38-6)26-17-15-25(16-18-26)23-36(32(37)27-11-8-7-9-12-27)30-14-10-13-29(22-30)35-39-33(2,3)34(4,5)40-35/h10,13-14,19-22,25-27H,7-9,11-12,15-18,23H2,1-6H3/t25-,26-. The zero-order chi connectivity index (χ0) is 28.5. The molecular formula is C34H48BNO4. The number of benzene rings is 2. The lowest BCUT2D eigenvalue weighted by atomic mass is 9.77. The van der Waals surface area contributed by atoms with E-state index < -0.39 is 18.3 Å². The Morgan fingerprint density at radius 3 is 2.23 bits per heavy atom. The maximum Gasteiger partial charge on any atom is 0.494 e. The van der Waals surface area contributed by atoms with E-state index >= 15 is 0 Å². The average molecular weight is 546 g/mol. The first-order valence-corrected chi connectivity index (χ1v) is 15.5. The van der Waals surface area contributed by atoms with Gasteiger partial charge in [0.15, 0.2) is 0 Å². The van der Waals surface area contributed by atoms with Crippen molar-refractivity contribution in [1.29, 1.82) is 0 Å². The van der Waals surface area contributed by atoms with Gasteiger partial charge in [-0.25, -0.2) is 0 Å². The Balaban J connectivity index is 1.32. The molecule has 1 amide bonds. The molecule has 0 unspecified atom stereocenters. The molecule has 2 saturated carbocycles. The Labute approximate surface area is 242 Å². The Bertz CT molecular complexity index is 1160. The number of aryl methyl sites for hydroxylation is 1. The summed E-state index contributed by atoms with van der Waals surface area (Å²) in [5, 5.41) is 0. The van der Waals surface area contributed by atoms with Crippen LogP contribution in [0.1, 0.15) is 103 Å². The predicted octanol–water partition coefficient (Wildman–Crippen LogP) is 7.19. The molecule has 3 fully saturated rings. The second-order valence-electron chi connectivity index (χ2n) is 13.4. The van der Waals surface area contributed by atoms with E-state index in [1.807, 2.05) is 0 Å². The number of hydrogen-bond donors (Lipinski definition) is 0. The Morgan fingerprint density at radius 2 is 1.60 bits per heavy atom. The molecule has 0 N–H and O–H groups in total. The molecule has 1 heterocycles. The summed E-state index contributed by atoms with van der Waals surface area (Å²) in [5.41, 5.74) is 3.79. The van der Waals surface area contributed by atoms with Crippen LogP contribution in [0.25, 0.3) is 0 Å². The van der Waals surface area contributed by atoms with Crippen LogP contribution in [-0.4, -0.2) is 37.9 Å². The normalized spacial score (nSPS) is 24.6. The number of rotatable bonds is 7. The molecule has 5 nitrogen and oxygen atoms in total. The van der Waals surface area contributed by atoms with Crippen molar-refractivity contribution < 1.29 is 18.8 Å². The van der Waals surface area contributed by atoms with Gasteiger partial charge in [-0.05, 0) is 120 Å². The maximum atomic E-state index is 14.0. The van der Waals surface area contributed by atoms with E-state index in [1.165, 1.54) is 17.5 Å². The maximum absolute atomic E-state index is 14.0. The third-order valence-corrected chi connectivity index (χ3v) is 10.1. The number of anilines is 1. The van der Waals surface area contributed by atoms with Crippen molar-refractivity contribution in [3.8, 4) is 5.75 Å². The van der Waals surface area contributed by atoms with Crippen LogP contribution >= 0.6 is 0 Å². The van der Waals surface area contributed by atoms with Crippen molar-refractivity contribution >= 4 is 24.2 Å². The second-order valence-corrected chi connectivity index (χ2v) is 13.4. The van der Waals surface area contributed by atoms with Gasteiger partial charge < -0.3 is 18.9 Å². The monoisotopic (exact) mass is 545 g/mol. The lowest BCUT2D eigenvalue weighted by Crippen LogP contribution is -2.42. The molecule has 0 radical (unpaired) electrons. The van der Waals surface area contributed by atoms with Crippen LogP contribution in [0.2, 0.25) is 0 Å². The topological polar surface area (TPSA) is 48.0 Å². The SMILES string of the molecule is COc1ccc([C@H]2CC[C@H](CN(C(=O)C3CCCCC3)c3cccc(B4OC(C)(C)C(C)(C)O4)c3)CC2)cc1C. The second kappa shape index (κ2) is 11.9. The van der Waals surface area contributed by atoms with Gasteiger partial charge in [-0.3, -0.25) is 4.79 Å². The molecule has 2 aliphatic carbocycles. The molecule has 0 atom stereocenters. The van der Waals surface area contributed by atoms with Crippen LogP contribution in [0.5, 0.6) is 5.75 Å². The van der Waals surface area contributed by atoms with Gasteiger partial charge in [-0.1, -0.05) is 43.5 Å². The minimum atomic E-state index is -0.431. The molecule has 216 valence electrons. The first kappa shape index (κ1) is 29.2. The number of carbonyl (C=O) groups is 1. The van der Waals surface area contributed by atoms with E-state index in [0.717, 1.165) is 74.8 Å². The van der Waals surface area contributed by atoms with Crippen molar-refractivity contribution in [2.24, 2.45) is 11.8 Å². The van der Waals surface area contributed by atoms with E-state index in [4.69, 9.17) is 14.0 Å². The van der Waals surface area contributed by atoms with E-state index in [1.54, 1.807) is 7.11 Å². The average Bonchev–Trinajstić information content (AvgIpc) is 3.18. The first-order valence-electron chi connectivity index (χ1n) is 15.5. The molecule has 0 aromatic heterocycles. The fourth-order valence-corrected chi connectivity index (χ4v) is 6.80. The van der Waals surface area contributed by atoms with Gasteiger partial charge in [0.2, 0.25) is 5.91 Å². The summed E-state index contributed by atoms with van der Waals surface area (Å²) in [5.74, 6) is 2.47. The minimum Gasteiger partial charge on any atom is -0.496 e. The highest BCUT2D eigenvalue weighted by molar-refractivity contribution is 6.62. The summed E-state index contributed by atoms with van der Waals surface area (Å²) >= 11 is 0. The van der Waals surface area contributed by atoms with Gasteiger partial charge in [0, 0.05) is 18.2 Å². The van der Waals surface area contributed by atoms with Crippen molar-refractivity contribution in [2.75, 3.05) is 18.6 Å². The Hall–Kier alpha value is -2.31. The van der Waals surface area contributed by atoms with Crippen LogP contribution in [0, 0.1) is 18.8 Å². The summed E-state index contributed by atoms with van der Waals surface area (Å²) in [7, 11) is 1.30. The van der Waals surface area contributed by atoms with Crippen molar-refractivity contribution in [1.82, 2.24) is 0 Å². The number of hydrogen-bond acceptors (Lipinski definition) is 4. The molecule has 0 bridgehead atoms. The first-order chi connectivity index (χ1) is 19.1. The predicted molar refractivity (Wildman–Crippen MR) is 164 cm³/mol.